The van der Waals surface area contributed by atoms with Crippen LogP contribution in [-0.2, 0) is 0 Å². The second kappa shape index (κ2) is 6.05. The van der Waals surface area contributed by atoms with Gasteiger partial charge in [0.1, 0.15) is 5.82 Å². The number of piperazine rings is 1. The van der Waals surface area contributed by atoms with Gasteiger partial charge in [0, 0.05) is 31.9 Å². The minimum absolute atomic E-state index is 0.113. The Balaban J connectivity index is 1.74. The zero-order chi connectivity index (χ0) is 15.5. The summed E-state index contributed by atoms with van der Waals surface area (Å²) < 4.78 is 14.0. The van der Waals surface area contributed by atoms with Crippen LogP contribution in [0.5, 0.6) is 0 Å². The highest BCUT2D eigenvalue weighted by atomic mass is 19.1. The third-order valence-corrected chi connectivity index (χ3v) is 3.93. The van der Waals surface area contributed by atoms with Gasteiger partial charge in [-0.05, 0) is 30.3 Å². The van der Waals surface area contributed by atoms with Crippen molar-refractivity contribution in [2.75, 3.05) is 36.0 Å². The molecule has 2 aromatic carbocycles. The van der Waals surface area contributed by atoms with Gasteiger partial charge in [0.2, 0.25) is 0 Å². The van der Waals surface area contributed by atoms with Crippen molar-refractivity contribution in [3.63, 3.8) is 0 Å². The zero-order valence-corrected chi connectivity index (χ0v) is 12.1. The molecule has 1 aliphatic heterocycles. The lowest BCUT2D eigenvalue weighted by molar-refractivity contribution is 0.0697. The zero-order valence-electron chi connectivity index (χ0n) is 12.1. The molecule has 1 heterocycles. The van der Waals surface area contributed by atoms with Gasteiger partial charge in [0.25, 0.3) is 0 Å². The molecule has 0 aromatic heterocycles. The highest BCUT2D eigenvalue weighted by Gasteiger charge is 2.20. The van der Waals surface area contributed by atoms with Gasteiger partial charge in [-0.15, -0.1) is 0 Å². The van der Waals surface area contributed by atoms with Crippen LogP contribution in [-0.4, -0.2) is 37.3 Å². The molecule has 1 fully saturated rings. The topological polar surface area (TPSA) is 43.8 Å². The summed E-state index contributed by atoms with van der Waals surface area (Å²) >= 11 is 0. The first-order valence-corrected chi connectivity index (χ1v) is 7.23. The van der Waals surface area contributed by atoms with Gasteiger partial charge in [-0.2, -0.15) is 0 Å². The number of anilines is 2. The average Bonchev–Trinajstić information content (AvgIpc) is 2.56. The van der Waals surface area contributed by atoms with Crippen molar-refractivity contribution < 1.29 is 14.3 Å². The fraction of sp³-hybridized carbons (Fsp3) is 0.235. The maximum absolute atomic E-state index is 14.0. The Kier molecular flexibility index (Phi) is 3.96. The first-order valence-electron chi connectivity index (χ1n) is 7.23. The van der Waals surface area contributed by atoms with Crippen LogP contribution in [0, 0.1) is 5.82 Å². The molecule has 114 valence electrons. The van der Waals surface area contributed by atoms with E-state index in [1.165, 1.54) is 18.2 Å². The number of carbonyl (C=O) groups is 1. The monoisotopic (exact) mass is 300 g/mol. The number of para-hydroxylation sites is 1. The number of halogens is 1. The van der Waals surface area contributed by atoms with Crippen LogP contribution in [0.4, 0.5) is 15.8 Å². The van der Waals surface area contributed by atoms with Gasteiger partial charge in [-0.25, -0.2) is 9.18 Å². The summed E-state index contributed by atoms with van der Waals surface area (Å²) in [6, 6.07) is 14.0. The van der Waals surface area contributed by atoms with Crippen LogP contribution in [0.25, 0.3) is 0 Å². The van der Waals surface area contributed by atoms with E-state index in [4.69, 9.17) is 5.11 Å². The highest BCUT2D eigenvalue weighted by molar-refractivity contribution is 5.88. The Bertz CT molecular complexity index is 668. The van der Waals surface area contributed by atoms with E-state index in [2.05, 4.69) is 17.0 Å². The maximum Gasteiger partial charge on any atom is 0.335 e. The molecule has 1 aliphatic rings. The normalized spacial score (nSPS) is 15.0. The lowest BCUT2D eigenvalue weighted by Crippen LogP contribution is -2.46. The summed E-state index contributed by atoms with van der Waals surface area (Å²) in [5, 5.41) is 9.04. The van der Waals surface area contributed by atoms with Crippen molar-refractivity contribution in [2.45, 2.75) is 0 Å². The predicted molar refractivity (Wildman–Crippen MR) is 84.2 cm³/mol. The molecule has 0 radical (unpaired) electrons. The van der Waals surface area contributed by atoms with Crippen LogP contribution >= 0.6 is 0 Å². The van der Waals surface area contributed by atoms with E-state index in [-0.39, 0.29) is 11.4 Å². The van der Waals surface area contributed by atoms with E-state index in [0.717, 1.165) is 18.8 Å². The minimum Gasteiger partial charge on any atom is -0.478 e. The Morgan fingerprint density at radius 1 is 0.955 bits per heavy atom. The molecule has 1 N–H and O–H groups in total. The van der Waals surface area contributed by atoms with Crippen LogP contribution < -0.4 is 9.80 Å². The number of hydrogen-bond donors (Lipinski definition) is 1. The molecule has 0 spiro atoms. The van der Waals surface area contributed by atoms with Crippen LogP contribution in [0.15, 0.2) is 48.5 Å². The van der Waals surface area contributed by atoms with Gasteiger partial charge >= 0.3 is 5.97 Å². The van der Waals surface area contributed by atoms with E-state index in [9.17, 15) is 9.18 Å². The Hall–Kier alpha value is -2.56. The SMILES string of the molecule is O=C(O)c1ccc(F)c(N2CCN(c3ccccc3)CC2)c1. The van der Waals surface area contributed by atoms with Gasteiger partial charge in [0.15, 0.2) is 0 Å². The first kappa shape index (κ1) is 14.4. The number of benzene rings is 2. The fourth-order valence-electron chi connectivity index (χ4n) is 2.73. The molecule has 0 unspecified atom stereocenters. The van der Waals surface area contributed by atoms with E-state index < -0.39 is 5.97 Å². The molecule has 3 rings (SSSR count). The Morgan fingerprint density at radius 2 is 1.59 bits per heavy atom. The molecular formula is C17H17FN2O2. The van der Waals surface area contributed by atoms with E-state index in [1.807, 2.05) is 23.1 Å². The summed E-state index contributed by atoms with van der Waals surface area (Å²) in [5.41, 5.74) is 1.64. The molecule has 5 heteroatoms. The molecule has 0 aliphatic carbocycles. The maximum atomic E-state index is 14.0. The molecule has 0 saturated carbocycles. The second-order valence-electron chi connectivity index (χ2n) is 5.28. The number of carboxylic acids is 1. The van der Waals surface area contributed by atoms with Gasteiger partial charge < -0.3 is 14.9 Å². The molecule has 0 atom stereocenters. The van der Waals surface area contributed by atoms with Crippen molar-refractivity contribution in [1.29, 1.82) is 0 Å². The summed E-state index contributed by atoms with van der Waals surface area (Å²) in [6.45, 7) is 2.88. The van der Waals surface area contributed by atoms with Gasteiger partial charge in [-0.1, -0.05) is 18.2 Å². The van der Waals surface area contributed by atoms with E-state index >= 15 is 0 Å². The number of carboxylic acid groups (broad SMARTS) is 1. The quantitative estimate of drug-likeness (QED) is 0.946. The number of rotatable bonds is 3. The van der Waals surface area contributed by atoms with Crippen molar-refractivity contribution in [2.24, 2.45) is 0 Å². The molecule has 4 nitrogen and oxygen atoms in total. The van der Waals surface area contributed by atoms with Crippen molar-refractivity contribution in [3.8, 4) is 0 Å². The molecule has 0 bridgehead atoms. The number of nitrogens with zero attached hydrogens (tertiary/aromatic N) is 2. The lowest BCUT2D eigenvalue weighted by Gasteiger charge is -2.37. The summed E-state index contributed by atoms with van der Waals surface area (Å²) in [5.74, 6) is -1.41. The molecule has 2 aromatic rings. The number of hydrogen-bond acceptors (Lipinski definition) is 3. The number of aromatic carboxylic acids is 1. The largest absolute Gasteiger partial charge is 0.478 e. The van der Waals surface area contributed by atoms with Gasteiger partial charge in [0.05, 0.1) is 11.3 Å². The molecule has 22 heavy (non-hydrogen) atoms. The minimum atomic E-state index is -1.04. The Labute approximate surface area is 128 Å². The standard InChI is InChI=1S/C17H17FN2O2/c18-15-7-6-13(17(21)22)12-16(15)20-10-8-19(9-11-20)14-4-2-1-3-5-14/h1-7,12H,8-11H2,(H,21,22). The van der Waals surface area contributed by atoms with Crippen molar-refractivity contribution in [3.05, 3.63) is 59.9 Å². The molecule has 0 amide bonds. The van der Waals surface area contributed by atoms with E-state index in [0.29, 0.717) is 18.8 Å². The highest BCUT2D eigenvalue weighted by Crippen LogP contribution is 2.24. The van der Waals surface area contributed by atoms with Gasteiger partial charge in [-0.3, -0.25) is 0 Å². The molecule has 1 saturated heterocycles. The summed E-state index contributed by atoms with van der Waals surface area (Å²) in [7, 11) is 0. The second-order valence-corrected chi connectivity index (χ2v) is 5.28. The smallest absolute Gasteiger partial charge is 0.335 e. The van der Waals surface area contributed by atoms with Crippen LogP contribution in [0.3, 0.4) is 0 Å². The van der Waals surface area contributed by atoms with Crippen molar-refractivity contribution in [1.82, 2.24) is 0 Å². The van der Waals surface area contributed by atoms with Crippen molar-refractivity contribution >= 4 is 17.3 Å². The third kappa shape index (κ3) is 2.88. The predicted octanol–water partition coefficient (Wildman–Crippen LogP) is 2.85. The first-order chi connectivity index (χ1) is 10.6. The molecular weight excluding hydrogens is 283 g/mol. The van der Waals surface area contributed by atoms with E-state index in [1.54, 1.807) is 0 Å². The van der Waals surface area contributed by atoms with Crippen LogP contribution in [0.1, 0.15) is 10.4 Å². The summed E-state index contributed by atoms with van der Waals surface area (Å²) in [4.78, 5) is 15.2. The fourth-order valence-corrected chi connectivity index (χ4v) is 2.73. The van der Waals surface area contributed by atoms with Crippen LogP contribution in [0.2, 0.25) is 0 Å². The lowest BCUT2D eigenvalue weighted by atomic mass is 10.1. The third-order valence-electron chi connectivity index (χ3n) is 3.93. The average molecular weight is 300 g/mol. The summed E-state index contributed by atoms with van der Waals surface area (Å²) in [6.07, 6.45) is 0. The Morgan fingerprint density at radius 3 is 2.23 bits per heavy atom.